The summed E-state index contributed by atoms with van der Waals surface area (Å²) in [5, 5.41) is 5.40. The lowest BCUT2D eigenvalue weighted by atomic mass is 9.88. The summed E-state index contributed by atoms with van der Waals surface area (Å²) in [4.78, 5) is 13.1. The van der Waals surface area contributed by atoms with Crippen molar-refractivity contribution in [3.05, 3.63) is 21.9 Å². The molecule has 16 heavy (non-hydrogen) atoms. The minimum Gasteiger partial charge on any atom is -0.464 e. The van der Waals surface area contributed by atoms with Gasteiger partial charge in [0.25, 0.3) is 0 Å². The molecule has 1 aliphatic rings. The number of carbonyl (C=O) groups excluding carboxylic acids is 1. The Labute approximate surface area is 99.8 Å². The lowest BCUT2D eigenvalue weighted by molar-refractivity contribution is -0.151. The molecule has 0 saturated heterocycles. The Hall–Kier alpha value is -0.870. The zero-order valence-corrected chi connectivity index (χ0v) is 10.7. The predicted molar refractivity (Wildman–Crippen MR) is 64.6 cm³/mol. The molecule has 0 fully saturated rings. The average molecular weight is 239 g/mol. The van der Waals surface area contributed by atoms with Crippen molar-refractivity contribution < 1.29 is 9.53 Å². The lowest BCUT2D eigenvalue weighted by Gasteiger charge is -2.36. The number of carbonyl (C=O) groups is 1. The minimum atomic E-state index is -0.669. The first-order valence-electron chi connectivity index (χ1n) is 5.59. The molecule has 1 aliphatic heterocycles. The fourth-order valence-corrected chi connectivity index (χ4v) is 3.35. The Bertz CT molecular complexity index is 401. The van der Waals surface area contributed by atoms with E-state index in [1.807, 2.05) is 19.2 Å². The van der Waals surface area contributed by atoms with Gasteiger partial charge in [0.2, 0.25) is 0 Å². The summed E-state index contributed by atoms with van der Waals surface area (Å²) in [5.41, 5.74) is 0.601. The molecule has 0 aromatic carbocycles. The van der Waals surface area contributed by atoms with Crippen molar-refractivity contribution in [1.29, 1.82) is 0 Å². The first-order chi connectivity index (χ1) is 7.58. The third-order valence-corrected chi connectivity index (χ3v) is 4.12. The second-order valence-electron chi connectivity index (χ2n) is 4.37. The molecular formula is C12H17NO2S. The molecule has 1 aromatic rings. The van der Waals surface area contributed by atoms with E-state index >= 15 is 0 Å². The van der Waals surface area contributed by atoms with Crippen LogP contribution in [0.4, 0.5) is 0 Å². The van der Waals surface area contributed by atoms with E-state index in [-0.39, 0.29) is 5.97 Å². The molecule has 0 aliphatic carbocycles. The van der Waals surface area contributed by atoms with Crippen LogP contribution in [0.25, 0.3) is 0 Å². The quantitative estimate of drug-likeness (QED) is 0.803. The van der Waals surface area contributed by atoms with Gasteiger partial charge in [-0.1, -0.05) is 0 Å². The average Bonchev–Trinajstić information content (AvgIpc) is 2.66. The van der Waals surface area contributed by atoms with Crippen LogP contribution in [0.3, 0.4) is 0 Å². The number of fused-ring (bicyclic) bond motifs is 1. The molecule has 4 heteroatoms. The van der Waals surface area contributed by atoms with Gasteiger partial charge < -0.3 is 4.74 Å². The normalized spacial score (nSPS) is 28.6. The van der Waals surface area contributed by atoms with Gasteiger partial charge in [0.1, 0.15) is 5.54 Å². The predicted octanol–water partition coefficient (Wildman–Crippen LogP) is 2.06. The van der Waals surface area contributed by atoms with Crippen LogP contribution >= 0.6 is 11.3 Å². The van der Waals surface area contributed by atoms with Crippen molar-refractivity contribution in [2.75, 3.05) is 6.61 Å². The van der Waals surface area contributed by atoms with Gasteiger partial charge in [-0.2, -0.15) is 0 Å². The highest BCUT2D eigenvalue weighted by Gasteiger charge is 2.43. The number of ether oxygens (including phenoxy) is 1. The summed E-state index contributed by atoms with van der Waals surface area (Å²) in [7, 11) is 0. The monoisotopic (exact) mass is 239 g/mol. The number of hydrogen-bond donors (Lipinski definition) is 1. The second kappa shape index (κ2) is 4.18. The highest BCUT2D eigenvalue weighted by Crippen LogP contribution is 2.35. The molecule has 1 N–H and O–H groups in total. The summed E-state index contributed by atoms with van der Waals surface area (Å²) < 4.78 is 5.16. The molecule has 1 aromatic heterocycles. The molecule has 0 saturated carbocycles. The van der Waals surface area contributed by atoms with Crippen molar-refractivity contribution in [1.82, 2.24) is 5.32 Å². The second-order valence-corrected chi connectivity index (χ2v) is 5.29. The van der Waals surface area contributed by atoms with Gasteiger partial charge in [-0.15, -0.1) is 11.3 Å². The topological polar surface area (TPSA) is 38.3 Å². The molecule has 2 rings (SSSR count). The van der Waals surface area contributed by atoms with Gasteiger partial charge in [0.15, 0.2) is 0 Å². The largest absolute Gasteiger partial charge is 0.464 e. The number of hydrogen-bond acceptors (Lipinski definition) is 4. The highest BCUT2D eigenvalue weighted by molar-refractivity contribution is 7.10. The highest BCUT2D eigenvalue weighted by atomic mass is 32.1. The summed E-state index contributed by atoms with van der Waals surface area (Å²) >= 11 is 1.63. The first-order valence-corrected chi connectivity index (χ1v) is 6.47. The van der Waals surface area contributed by atoms with Gasteiger partial charge in [-0.05, 0) is 44.2 Å². The lowest BCUT2D eigenvalue weighted by Crippen LogP contribution is -2.54. The van der Waals surface area contributed by atoms with E-state index in [2.05, 4.69) is 18.3 Å². The van der Waals surface area contributed by atoms with E-state index in [0.717, 1.165) is 11.3 Å². The van der Waals surface area contributed by atoms with Gasteiger partial charge in [0.05, 0.1) is 6.61 Å². The molecule has 88 valence electrons. The van der Waals surface area contributed by atoms with Crippen molar-refractivity contribution >= 4 is 17.3 Å². The zero-order chi connectivity index (χ0) is 11.8. The van der Waals surface area contributed by atoms with Crippen LogP contribution in [0.5, 0.6) is 0 Å². The number of esters is 1. The Morgan fingerprint density at radius 3 is 3.19 bits per heavy atom. The van der Waals surface area contributed by atoms with Gasteiger partial charge >= 0.3 is 5.97 Å². The van der Waals surface area contributed by atoms with E-state index in [4.69, 9.17) is 4.74 Å². The molecule has 0 radical (unpaired) electrons. The van der Waals surface area contributed by atoms with Crippen LogP contribution in [0.1, 0.15) is 31.2 Å². The Morgan fingerprint density at radius 1 is 1.75 bits per heavy atom. The summed E-state index contributed by atoms with van der Waals surface area (Å²) in [5.74, 6) is -0.176. The molecule has 0 amide bonds. The van der Waals surface area contributed by atoms with E-state index in [0.29, 0.717) is 12.6 Å². The van der Waals surface area contributed by atoms with Gasteiger partial charge in [-0.25, -0.2) is 4.79 Å². The maximum atomic E-state index is 12.0. The van der Waals surface area contributed by atoms with Crippen LogP contribution in [-0.4, -0.2) is 18.6 Å². The Balaban J connectivity index is 2.38. The van der Waals surface area contributed by atoms with E-state index in [1.165, 1.54) is 5.56 Å². The maximum absolute atomic E-state index is 12.0. The maximum Gasteiger partial charge on any atom is 0.331 e. The summed E-state index contributed by atoms with van der Waals surface area (Å²) in [6, 6.07) is 2.41. The third-order valence-electron chi connectivity index (χ3n) is 2.95. The van der Waals surface area contributed by atoms with Crippen LogP contribution in [0.2, 0.25) is 0 Å². The molecule has 2 atom stereocenters. The Kier molecular flexibility index (Phi) is 3.04. The van der Waals surface area contributed by atoms with Crippen LogP contribution in [-0.2, 0) is 21.5 Å². The molecule has 2 heterocycles. The number of rotatable bonds is 2. The van der Waals surface area contributed by atoms with Gasteiger partial charge in [-0.3, -0.25) is 5.32 Å². The van der Waals surface area contributed by atoms with Crippen LogP contribution in [0.15, 0.2) is 11.4 Å². The molecule has 0 unspecified atom stereocenters. The molecular weight excluding hydrogens is 222 g/mol. The van der Waals surface area contributed by atoms with E-state index in [9.17, 15) is 4.79 Å². The van der Waals surface area contributed by atoms with E-state index < -0.39 is 5.54 Å². The molecule has 0 spiro atoms. The van der Waals surface area contributed by atoms with Crippen molar-refractivity contribution in [2.45, 2.75) is 38.8 Å². The van der Waals surface area contributed by atoms with Crippen molar-refractivity contribution in [2.24, 2.45) is 0 Å². The van der Waals surface area contributed by atoms with Gasteiger partial charge in [0, 0.05) is 10.9 Å². The zero-order valence-electron chi connectivity index (χ0n) is 9.87. The SMILES string of the molecule is CCOC(=O)[C@]1(C)N[C@@H](C)Cc2ccsc21. The smallest absolute Gasteiger partial charge is 0.331 e. The van der Waals surface area contributed by atoms with Crippen LogP contribution < -0.4 is 5.32 Å². The Morgan fingerprint density at radius 2 is 2.50 bits per heavy atom. The number of nitrogens with one attached hydrogen (secondary N) is 1. The third kappa shape index (κ3) is 1.76. The first kappa shape index (κ1) is 11.6. The van der Waals surface area contributed by atoms with Crippen LogP contribution in [0, 0.1) is 0 Å². The van der Waals surface area contributed by atoms with Crippen molar-refractivity contribution in [3.63, 3.8) is 0 Å². The standard InChI is InChI=1S/C12H17NO2S/c1-4-15-11(14)12(3)10-9(5-6-16-10)7-8(2)13-12/h5-6,8,13H,4,7H2,1-3H3/t8-,12+/m0/s1. The van der Waals surface area contributed by atoms with Crippen molar-refractivity contribution in [3.8, 4) is 0 Å². The van der Waals surface area contributed by atoms with E-state index in [1.54, 1.807) is 11.3 Å². The fourth-order valence-electron chi connectivity index (χ4n) is 2.30. The fraction of sp³-hybridized carbons (Fsp3) is 0.583. The minimum absolute atomic E-state index is 0.176. The summed E-state index contributed by atoms with van der Waals surface area (Å²) in [6.07, 6.45) is 0.980. The number of thiophene rings is 1. The molecule has 0 bridgehead atoms. The molecule has 3 nitrogen and oxygen atoms in total. The summed E-state index contributed by atoms with van der Waals surface area (Å²) in [6.45, 7) is 6.27.